The molecule has 2 aliphatic rings. The molecule has 0 unspecified atom stereocenters. The molecule has 0 amide bonds. The Balaban J connectivity index is 1.28. The van der Waals surface area contributed by atoms with Gasteiger partial charge >= 0.3 is 12.3 Å². The Morgan fingerprint density at radius 1 is 0.763 bits per heavy atom. The molecule has 0 spiro atoms. The van der Waals surface area contributed by atoms with Gasteiger partial charge in [0.15, 0.2) is 0 Å². The van der Waals surface area contributed by atoms with Crippen LogP contribution in [-0.2, 0) is 12.3 Å². The highest BCUT2D eigenvalue weighted by Crippen LogP contribution is 2.45. The minimum atomic E-state index is -4.91. The highest BCUT2D eigenvalue weighted by Gasteiger charge is 2.38. The van der Waals surface area contributed by atoms with Crippen LogP contribution in [0.15, 0.2) is 42.5 Å². The van der Waals surface area contributed by atoms with Crippen LogP contribution in [0.2, 0.25) is 0 Å². The topological polar surface area (TPSA) is 9.23 Å². The zero-order valence-electron chi connectivity index (χ0n) is 22.0. The van der Waals surface area contributed by atoms with E-state index >= 15 is 0 Å². The molecule has 0 N–H and O–H groups in total. The summed E-state index contributed by atoms with van der Waals surface area (Å²) in [5, 5.41) is 0. The maximum atomic E-state index is 14.7. The molecule has 38 heavy (non-hydrogen) atoms. The van der Waals surface area contributed by atoms with Crippen molar-refractivity contribution < 1.29 is 31.1 Å². The SMILES string of the molecule is CCCCC[C@H]1CC[C@H](C2CCC(c3ccc(C(F)(F)Oc4ccc(C(F)(F)F)c(F)c4)cc3)CC2)CC1. The zero-order valence-corrected chi connectivity index (χ0v) is 22.0. The average Bonchev–Trinajstić information content (AvgIpc) is 2.88. The number of rotatable bonds is 9. The van der Waals surface area contributed by atoms with Crippen LogP contribution >= 0.6 is 0 Å². The predicted molar refractivity (Wildman–Crippen MR) is 137 cm³/mol. The Labute approximate surface area is 222 Å². The van der Waals surface area contributed by atoms with Crippen molar-refractivity contribution in [2.24, 2.45) is 17.8 Å². The Morgan fingerprint density at radius 2 is 1.37 bits per heavy atom. The van der Waals surface area contributed by atoms with Gasteiger partial charge in [-0.05, 0) is 92.0 Å². The van der Waals surface area contributed by atoms with E-state index in [0.29, 0.717) is 24.1 Å². The molecule has 0 aliphatic heterocycles. The molecule has 2 saturated carbocycles. The summed E-state index contributed by atoms with van der Waals surface area (Å²) in [7, 11) is 0. The number of benzene rings is 2. The van der Waals surface area contributed by atoms with Crippen LogP contribution < -0.4 is 4.74 Å². The molecule has 0 heterocycles. The van der Waals surface area contributed by atoms with Crippen LogP contribution in [0.5, 0.6) is 5.75 Å². The number of halogens is 6. The molecule has 2 fully saturated rings. The van der Waals surface area contributed by atoms with Gasteiger partial charge in [0.1, 0.15) is 11.6 Å². The number of unbranched alkanes of at least 4 members (excludes halogenated alkanes) is 2. The van der Waals surface area contributed by atoms with Crippen LogP contribution in [0.1, 0.15) is 107 Å². The lowest BCUT2D eigenvalue weighted by atomic mass is 9.68. The molecule has 0 saturated heterocycles. The summed E-state index contributed by atoms with van der Waals surface area (Å²) in [5.74, 6) is 0.516. The molecule has 7 heteroatoms. The summed E-state index contributed by atoms with van der Waals surface area (Å²) >= 11 is 0. The van der Waals surface area contributed by atoms with E-state index < -0.39 is 35.0 Å². The van der Waals surface area contributed by atoms with Gasteiger partial charge in [-0.15, -0.1) is 0 Å². The van der Waals surface area contributed by atoms with E-state index in [0.717, 1.165) is 36.2 Å². The van der Waals surface area contributed by atoms with Crippen LogP contribution in [-0.4, -0.2) is 0 Å². The van der Waals surface area contributed by atoms with E-state index in [4.69, 9.17) is 0 Å². The number of alkyl halides is 5. The normalized spacial score (nSPS) is 24.8. The monoisotopic (exact) mass is 540 g/mol. The largest absolute Gasteiger partial charge is 0.429 e. The van der Waals surface area contributed by atoms with Crippen LogP contribution in [0, 0.1) is 23.6 Å². The van der Waals surface area contributed by atoms with Crippen molar-refractivity contribution in [2.75, 3.05) is 0 Å². The number of hydrogen-bond acceptors (Lipinski definition) is 1. The molecule has 2 aliphatic carbocycles. The Bertz CT molecular complexity index is 1020. The number of hydrogen-bond donors (Lipinski definition) is 0. The molecule has 1 nitrogen and oxygen atoms in total. The molecule has 0 atom stereocenters. The van der Waals surface area contributed by atoms with E-state index in [2.05, 4.69) is 11.7 Å². The maximum Gasteiger partial charge on any atom is 0.426 e. The minimum Gasteiger partial charge on any atom is -0.429 e. The Hall–Kier alpha value is -2.18. The van der Waals surface area contributed by atoms with Crippen molar-refractivity contribution in [3.8, 4) is 5.75 Å². The van der Waals surface area contributed by atoms with Gasteiger partial charge in [-0.3, -0.25) is 0 Å². The highest BCUT2D eigenvalue weighted by atomic mass is 19.4. The van der Waals surface area contributed by atoms with Crippen molar-refractivity contribution in [3.63, 3.8) is 0 Å². The first-order valence-corrected chi connectivity index (χ1v) is 14.1. The highest BCUT2D eigenvalue weighted by molar-refractivity contribution is 5.33. The van der Waals surface area contributed by atoms with Gasteiger partial charge in [0, 0.05) is 6.07 Å². The van der Waals surface area contributed by atoms with Gasteiger partial charge in [0.25, 0.3) is 0 Å². The first-order chi connectivity index (χ1) is 18.1. The van der Waals surface area contributed by atoms with E-state index in [1.54, 1.807) is 12.1 Å². The molecule has 2 aromatic rings. The Kier molecular flexibility index (Phi) is 9.36. The quantitative estimate of drug-likeness (QED) is 0.227. The molecular weight excluding hydrogens is 502 g/mol. The van der Waals surface area contributed by atoms with Gasteiger partial charge in [-0.1, -0.05) is 57.6 Å². The maximum absolute atomic E-state index is 14.7. The molecule has 210 valence electrons. The van der Waals surface area contributed by atoms with E-state index in [1.807, 2.05) is 0 Å². The van der Waals surface area contributed by atoms with Crippen LogP contribution in [0.3, 0.4) is 0 Å². The average molecular weight is 541 g/mol. The third-order valence-corrected chi connectivity index (χ3v) is 8.76. The lowest BCUT2D eigenvalue weighted by Gasteiger charge is -2.38. The van der Waals surface area contributed by atoms with Crippen LogP contribution in [0.4, 0.5) is 26.3 Å². The van der Waals surface area contributed by atoms with Gasteiger partial charge in [0.2, 0.25) is 0 Å². The predicted octanol–water partition coefficient (Wildman–Crippen LogP) is 10.6. The fourth-order valence-electron chi connectivity index (χ4n) is 6.50. The molecular formula is C31H38F6O. The first kappa shape index (κ1) is 28.8. The molecule has 0 aromatic heterocycles. The smallest absolute Gasteiger partial charge is 0.426 e. The molecule has 0 radical (unpaired) electrons. The van der Waals surface area contributed by atoms with Gasteiger partial charge in [-0.2, -0.15) is 22.0 Å². The van der Waals surface area contributed by atoms with E-state index in [-0.39, 0.29) is 0 Å². The second-order valence-corrected chi connectivity index (χ2v) is 11.3. The minimum absolute atomic E-state index is 0.336. The van der Waals surface area contributed by atoms with Gasteiger partial charge in [0.05, 0.1) is 11.1 Å². The molecule has 0 bridgehead atoms. The van der Waals surface area contributed by atoms with Gasteiger partial charge < -0.3 is 4.74 Å². The standard InChI is InChI=1S/C31H38F6O/c1-2-3-4-5-21-6-8-22(9-7-21)23-10-12-24(13-11-23)25-14-16-26(17-15-25)31(36,37)38-27-18-19-28(29(32)20-27)30(33,34)35/h14-24H,2-13H2,1H3/t21-,22-,23?,24?. The summed E-state index contributed by atoms with van der Waals surface area (Å²) in [5.41, 5.74) is -0.934. The number of ether oxygens (including phenoxy) is 1. The first-order valence-electron chi connectivity index (χ1n) is 14.1. The van der Waals surface area contributed by atoms with Crippen LogP contribution in [0.25, 0.3) is 0 Å². The molecule has 2 aromatic carbocycles. The lowest BCUT2D eigenvalue weighted by Crippen LogP contribution is -2.25. The van der Waals surface area contributed by atoms with Crippen molar-refractivity contribution in [2.45, 2.75) is 102 Å². The van der Waals surface area contributed by atoms with Gasteiger partial charge in [-0.25, -0.2) is 4.39 Å². The molecule has 4 rings (SSSR count). The second-order valence-electron chi connectivity index (χ2n) is 11.3. The van der Waals surface area contributed by atoms with E-state index in [9.17, 15) is 26.3 Å². The summed E-state index contributed by atoms with van der Waals surface area (Å²) in [6.07, 6.45) is 6.54. The summed E-state index contributed by atoms with van der Waals surface area (Å²) < 4.78 is 85.9. The second kappa shape index (κ2) is 12.3. The van der Waals surface area contributed by atoms with Crippen molar-refractivity contribution in [3.05, 3.63) is 65.0 Å². The van der Waals surface area contributed by atoms with Crippen molar-refractivity contribution in [1.29, 1.82) is 0 Å². The fourth-order valence-corrected chi connectivity index (χ4v) is 6.50. The fraction of sp³-hybridized carbons (Fsp3) is 0.613. The van der Waals surface area contributed by atoms with Crippen molar-refractivity contribution in [1.82, 2.24) is 0 Å². The summed E-state index contributed by atoms with van der Waals surface area (Å²) in [4.78, 5) is 0. The zero-order chi connectivity index (χ0) is 27.3. The third-order valence-electron chi connectivity index (χ3n) is 8.76. The van der Waals surface area contributed by atoms with E-state index in [1.165, 1.54) is 76.3 Å². The lowest BCUT2D eigenvalue weighted by molar-refractivity contribution is -0.185. The third kappa shape index (κ3) is 7.26. The summed E-state index contributed by atoms with van der Waals surface area (Å²) in [6.45, 7) is 2.25. The Morgan fingerprint density at radius 3 is 1.92 bits per heavy atom. The van der Waals surface area contributed by atoms with Crippen molar-refractivity contribution >= 4 is 0 Å². The summed E-state index contributed by atoms with van der Waals surface area (Å²) in [6, 6.07) is 7.40.